The van der Waals surface area contributed by atoms with Crippen LogP contribution < -0.4 is 0 Å². The molecule has 1 heteroatoms. The summed E-state index contributed by atoms with van der Waals surface area (Å²) in [7, 11) is 2.19. The zero-order valence-corrected chi connectivity index (χ0v) is 12.2. The van der Waals surface area contributed by atoms with Crippen molar-refractivity contribution in [3.8, 4) is 0 Å². The monoisotopic (exact) mass is 223 g/mol. The molecule has 1 aliphatic rings. The topological polar surface area (TPSA) is 3.24 Å². The summed E-state index contributed by atoms with van der Waals surface area (Å²) in [6, 6.07) is 0. The molecule has 0 N–H and O–H groups in total. The molecule has 2 atom stereocenters. The molecular weight excluding hydrogens is 194 g/mol. The van der Waals surface area contributed by atoms with Gasteiger partial charge in [0.05, 0.1) is 0 Å². The van der Waals surface area contributed by atoms with Gasteiger partial charge in [0.15, 0.2) is 0 Å². The first kappa shape index (κ1) is 13.6. The van der Waals surface area contributed by atoms with Gasteiger partial charge in [-0.05, 0) is 23.2 Å². The van der Waals surface area contributed by atoms with Crippen LogP contribution >= 0.6 is 0 Å². The van der Waals surface area contributed by atoms with Crippen molar-refractivity contribution in [2.24, 2.45) is 22.7 Å². The maximum atomic E-state index is 4.29. The summed E-state index contributed by atoms with van der Waals surface area (Å²) in [5, 5.41) is 0. The maximum absolute atomic E-state index is 4.29. The molecule has 1 heterocycles. The highest BCUT2D eigenvalue weighted by Gasteiger charge is 2.39. The largest absolute Gasteiger partial charge is 0.378 e. The fourth-order valence-electron chi connectivity index (χ4n) is 2.69. The number of likely N-dealkylation sites (tertiary alicyclic amines) is 1. The molecule has 0 saturated carbocycles. The number of nitrogens with zero attached hydrogens (tertiary/aromatic N) is 1. The lowest BCUT2D eigenvalue weighted by atomic mass is 9.66. The Bertz CT molecular complexity index is 264. The highest BCUT2D eigenvalue weighted by atomic mass is 15.1. The highest BCUT2D eigenvalue weighted by Crippen LogP contribution is 2.45. The van der Waals surface area contributed by atoms with Gasteiger partial charge < -0.3 is 4.90 Å². The second-order valence-electron chi connectivity index (χ2n) is 7.59. The molecule has 0 aromatic carbocycles. The van der Waals surface area contributed by atoms with E-state index in [-0.39, 0.29) is 0 Å². The first-order chi connectivity index (χ1) is 7.03. The van der Waals surface area contributed by atoms with Gasteiger partial charge in [0.2, 0.25) is 0 Å². The summed E-state index contributed by atoms with van der Waals surface area (Å²) in [6.45, 7) is 19.5. The fraction of sp³-hybridized carbons (Fsp3) is 0.867. The third-order valence-electron chi connectivity index (χ3n) is 4.18. The van der Waals surface area contributed by atoms with E-state index in [4.69, 9.17) is 0 Å². The van der Waals surface area contributed by atoms with Gasteiger partial charge in [-0.3, -0.25) is 0 Å². The predicted octanol–water partition coefficient (Wildman–Crippen LogP) is 4.16. The van der Waals surface area contributed by atoms with Crippen molar-refractivity contribution < 1.29 is 0 Å². The number of piperidine rings is 1. The Morgan fingerprint density at radius 2 is 1.56 bits per heavy atom. The van der Waals surface area contributed by atoms with E-state index < -0.39 is 0 Å². The Hall–Kier alpha value is -0.460. The molecule has 1 aliphatic heterocycles. The van der Waals surface area contributed by atoms with Crippen LogP contribution in [0, 0.1) is 22.7 Å². The van der Waals surface area contributed by atoms with Gasteiger partial charge >= 0.3 is 0 Å². The summed E-state index contributed by atoms with van der Waals surface area (Å²) in [5.41, 5.74) is 2.06. The van der Waals surface area contributed by atoms with Gasteiger partial charge in [0, 0.05) is 25.2 Å². The van der Waals surface area contributed by atoms with Crippen LogP contribution in [0.5, 0.6) is 0 Å². The van der Waals surface area contributed by atoms with E-state index in [9.17, 15) is 0 Å². The lowest BCUT2D eigenvalue weighted by molar-refractivity contribution is 0.0706. The van der Waals surface area contributed by atoms with Crippen LogP contribution in [0.2, 0.25) is 0 Å². The average Bonchev–Trinajstić information content (AvgIpc) is 2.05. The highest BCUT2D eigenvalue weighted by molar-refractivity contribution is 5.08. The van der Waals surface area contributed by atoms with Gasteiger partial charge in [0.25, 0.3) is 0 Å². The predicted molar refractivity (Wildman–Crippen MR) is 72.3 cm³/mol. The van der Waals surface area contributed by atoms with E-state index in [0.717, 1.165) is 12.5 Å². The SMILES string of the molecule is C=C1C(C(C)(C)C)CC(C(C)(C)C)CN1C. The van der Waals surface area contributed by atoms with Crippen LogP contribution in [0.25, 0.3) is 0 Å². The average molecular weight is 223 g/mol. The number of hydrogen-bond donors (Lipinski definition) is 0. The van der Waals surface area contributed by atoms with Crippen molar-refractivity contribution in [2.75, 3.05) is 13.6 Å². The summed E-state index contributed by atoms with van der Waals surface area (Å²) in [4.78, 5) is 2.37. The van der Waals surface area contributed by atoms with E-state index in [1.807, 2.05) is 0 Å². The minimum Gasteiger partial charge on any atom is -0.378 e. The zero-order chi connectivity index (χ0) is 12.7. The summed E-state index contributed by atoms with van der Waals surface area (Å²) >= 11 is 0. The lowest BCUT2D eigenvalue weighted by Gasteiger charge is -2.48. The molecule has 1 nitrogen and oxygen atoms in total. The minimum atomic E-state index is 0.329. The molecule has 0 aromatic heterocycles. The van der Waals surface area contributed by atoms with Crippen LogP contribution in [0.3, 0.4) is 0 Å². The molecule has 0 amide bonds. The Morgan fingerprint density at radius 3 is 1.94 bits per heavy atom. The summed E-state index contributed by atoms with van der Waals surface area (Å²) < 4.78 is 0. The van der Waals surface area contributed by atoms with Crippen molar-refractivity contribution in [2.45, 2.75) is 48.0 Å². The lowest BCUT2D eigenvalue weighted by Crippen LogP contribution is -2.44. The molecule has 2 unspecified atom stereocenters. The number of allylic oxidation sites excluding steroid dienone is 1. The van der Waals surface area contributed by atoms with Gasteiger partial charge in [-0.1, -0.05) is 48.1 Å². The first-order valence-electron chi connectivity index (χ1n) is 6.43. The van der Waals surface area contributed by atoms with Crippen molar-refractivity contribution >= 4 is 0 Å². The van der Waals surface area contributed by atoms with Gasteiger partial charge in [0.1, 0.15) is 0 Å². The molecule has 0 spiro atoms. The fourth-order valence-corrected chi connectivity index (χ4v) is 2.69. The zero-order valence-electron chi connectivity index (χ0n) is 12.2. The van der Waals surface area contributed by atoms with E-state index in [2.05, 4.69) is 60.1 Å². The van der Waals surface area contributed by atoms with E-state index in [0.29, 0.717) is 16.7 Å². The molecule has 16 heavy (non-hydrogen) atoms. The minimum absolute atomic E-state index is 0.329. The number of hydrogen-bond acceptors (Lipinski definition) is 1. The van der Waals surface area contributed by atoms with Gasteiger partial charge in [-0.15, -0.1) is 0 Å². The van der Waals surface area contributed by atoms with Crippen LogP contribution in [0.15, 0.2) is 12.3 Å². The molecule has 94 valence electrons. The van der Waals surface area contributed by atoms with Crippen molar-refractivity contribution in [1.29, 1.82) is 0 Å². The molecule has 0 bridgehead atoms. The van der Waals surface area contributed by atoms with Crippen LogP contribution in [0.4, 0.5) is 0 Å². The van der Waals surface area contributed by atoms with Crippen LogP contribution in [0.1, 0.15) is 48.0 Å². The Labute approximate surface area is 102 Å². The Balaban J connectivity index is 2.90. The summed E-state index contributed by atoms with van der Waals surface area (Å²) in [5.74, 6) is 1.39. The third-order valence-corrected chi connectivity index (χ3v) is 4.18. The molecule has 0 aromatic rings. The Kier molecular flexibility index (Phi) is 3.47. The maximum Gasteiger partial charge on any atom is 0.0205 e. The van der Waals surface area contributed by atoms with E-state index in [1.54, 1.807) is 0 Å². The van der Waals surface area contributed by atoms with Crippen LogP contribution in [-0.4, -0.2) is 18.5 Å². The van der Waals surface area contributed by atoms with E-state index >= 15 is 0 Å². The van der Waals surface area contributed by atoms with Gasteiger partial charge in [-0.25, -0.2) is 0 Å². The summed E-state index contributed by atoms with van der Waals surface area (Å²) in [6.07, 6.45) is 1.29. The van der Waals surface area contributed by atoms with Gasteiger partial charge in [-0.2, -0.15) is 0 Å². The molecule has 0 radical (unpaired) electrons. The molecule has 0 aliphatic carbocycles. The molecule has 1 saturated heterocycles. The number of rotatable bonds is 0. The second-order valence-corrected chi connectivity index (χ2v) is 7.59. The molecule has 1 fully saturated rings. The smallest absolute Gasteiger partial charge is 0.0205 e. The quantitative estimate of drug-likeness (QED) is 0.596. The third kappa shape index (κ3) is 2.81. The first-order valence-corrected chi connectivity index (χ1v) is 6.43. The normalized spacial score (nSPS) is 28.4. The van der Waals surface area contributed by atoms with Crippen molar-refractivity contribution in [3.05, 3.63) is 12.3 Å². The standard InChI is InChI=1S/C15H29N/c1-11-13(15(5,6)7)9-12(10-16(11)8)14(2,3)4/h12-13H,1,9-10H2,2-8H3. The van der Waals surface area contributed by atoms with Crippen LogP contribution in [-0.2, 0) is 0 Å². The molecule has 1 rings (SSSR count). The second kappa shape index (κ2) is 4.09. The Morgan fingerprint density at radius 1 is 1.06 bits per heavy atom. The van der Waals surface area contributed by atoms with E-state index in [1.165, 1.54) is 12.1 Å². The van der Waals surface area contributed by atoms with Crippen molar-refractivity contribution in [1.82, 2.24) is 4.90 Å². The van der Waals surface area contributed by atoms with Crippen molar-refractivity contribution in [3.63, 3.8) is 0 Å². The molecular formula is C15H29N.